The van der Waals surface area contributed by atoms with Gasteiger partial charge in [0.15, 0.2) is 0 Å². The van der Waals surface area contributed by atoms with E-state index in [1.54, 1.807) is 50.4 Å². The van der Waals surface area contributed by atoms with E-state index in [2.05, 4.69) is 5.32 Å². The molecule has 0 fully saturated rings. The van der Waals surface area contributed by atoms with Crippen LogP contribution in [0.2, 0.25) is 5.02 Å². The van der Waals surface area contributed by atoms with Crippen molar-refractivity contribution in [1.82, 2.24) is 10.2 Å². The molecule has 0 unspecified atom stereocenters. The molecule has 1 atom stereocenters. The van der Waals surface area contributed by atoms with Crippen molar-refractivity contribution >= 4 is 39.1 Å². The highest BCUT2D eigenvalue weighted by atomic mass is 35.5. The van der Waals surface area contributed by atoms with E-state index in [-0.39, 0.29) is 37.7 Å². The van der Waals surface area contributed by atoms with Gasteiger partial charge in [-0.15, -0.1) is 0 Å². The van der Waals surface area contributed by atoms with E-state index in [0.717, 1.165) is 24.7 Å². The van der Waals surface area contributed by atoms with E-state index < -0.39 is 16.1 Å². The molecule has 198 valence electrons. The number of hydrogen-bond acceptors (Lipinski definition) is 5. The van der Waals surface area contributed by atoms with Crippen molar-refractivity contribution in [2.45, 2.75) is 52.1 Å². The highest BCUT2D eigenvalue weighted by molar-refractivity contribution is 7.92. The first-order valence-electron chi connectivity index (χ1n) is 12.0. The van der Waals surface area contributed by atoms with E-state index in [1.165, 1.54) is 9.21 Å². The summed E-state index contributed by atoms with van der Waals surface area (Å²) in [6.07, 6.45) is 3.31. The number of nitrogens with zero attached hydrogens (tertiary/aromatic N) is 2. The highest BCUT2D eigenvalue weighted by Crippen LogP contribution is 2.22. The third-order valence-corrected chi connectivity index (χ3v) is 7.22. The molecular formula is C26H36ClN3O5S. The maximum Gasteiger partial charge on any atom is 0.242 e. The maximum absolute atomic E-state index is 13.3. The number of benzene rings is 2. The molecule has 10 heteroatoms. The lowest BCUT2D eigenvalue weighted by molar-refractivity contribution is -0.140. The van der Waals surface area contributed by atoms with Gasteiger partial charge in [0.05, 0.1) is 19.1 Å². The number of anilines is 1. The number of amides is 2. The molecule has 0 aliphatic heterocycles. The number of rotatable bonds is 14. The number of halogens is 1. The standard InChI is InChI=1S/C26H36ClN3O5S/c1-5-6-17-28-26(32)20(2)29(19-21-9-15-24(35-3)16-10-21)25(31)8-7-18-30(36(4,33)34)23-13-11-22(27)12-14-23/h9-16,20H,5-8,17-19H2,1-4H3,(H,28,32)/t20-/m1/s1. The van der Waals surface area contributed by atoms with Crippen LogP contribution in [0.1, 0.15) is 45.1 Å². The average Bonchev–Trinajstić information content (AvgIpc) is 2.85. The lowest BCUT2D eigenvalue weighted by Crippen LogP contribution is -2.47. The summed E-state index contributed by atoms with van der Waals surface area (Å²) in [5.41, 5.74) is 1.34. The molecule has 0 spiro atoms. The summed E-state index contributed by atoms with van der Waals surface area (Å²) >= 11 is 5.93. The molecule has 2 rings (SSSR count). The molecule has 0 radical (unpaired) electrons. The third kappa shape index (κ3) is 9.02. The second kappa shape index (κ2) is 14.1. The number of carbonyl (C=O) groups excluding carboxylic acids is 2. The van der Waals surface area contributed by atoms with Crippen LogP contribution in [0.3, 0.4) is 0 Å². The number of sulfonamides is 1. The van der Waals surface area contributed by atoms with Gasteiger partial charge in [0.25, 0.3) is 0 Å². The van der Waals surface area contributed by atoms with Crippen LogP contribution in [-0.2, 0) is 26.2 Å². The van der Waals surface area contributed by atoms with Gasteiger partial charge in [-0.1, -0.05) is 37.1 Å². The fourth-order valence-electron chi connectivity index (χ4n) is 3.66. The maximum atomic E-state index is 13.3. The van der Waals surface area contributed by atoms with Crippen molar-refractivity contribution in [3.05, 3.63) is 59.1 Å². The Hall–Kier alpha value is -2.78. The van der Waals surface area contributed by atoms with Crippen LogP contribution in [0.5, 0.6) is 5.75 Å². The first-order chi connectivity index (χ1) is 17.1. The van der Waals surface area contributed by atoms with Crippen molar-refractivity contribution < 1.29 is 22.7 Å². The van der Waals surface area contributed by atoms with Gasteiger partial charge >= 0.3 is 0 Å². The van der Waals surface area contributed by atoms with Crippen molar-refractivity contribution in [3.63, 3.8) is 0 Å². The van der Waals surface area contributed by atoms with Gasteiger partial charge in [0.1, 0.15) is 11.8 Å². The van der Waals surface area contributed by atoms with Crippen molar-refractivity contribution in [1.29, 1.82) is 0 Å². The predicted octanol–water partition coefficient (Wildman–Crippen LogP) is 4.23. The van der Waals surface area contributed by atoms with E-state index in [4.69, 9.17) is 16.3 Å². The Balaban J connectivity index is 2.14. The Morgan fingerprint density at radius 1 is 1.06 bits per heavy atom. The summed E-state index contributed by atoms with van der Waals surface area (Å²) < 4.78 is 31.2. The summed E-state index contributed by atoms with van der Waals surface area (Å²) in [7, 11) is -1.98. The number of unbranched alkanes of at least 4 members (excludes halogenated alkanes) is 1. The van der Waals surface area contributed by atoms with Crippen LogP contribution < -0.4 is 14.4 Å². The Labute approximate surface area is 219 Å². The second-order valence-electron chi connectivity index (χ2n) is 8.61. The monoisotopic (exact) mass is 537 g/mol. The topological polar surface area (TPSA) is 96.0 Å². The van der Waals surface area contributed by atoms with Crippen LogP contribution >= 0.6 is 11.6 Å². The molecule has 0 heterocycles. The molecule has 0 aliphatic rings. The van der Waals surface area contributed by atoms with E-state index >= 15 is 0 Å². The molecule has 0 bridgehead atoms. The minimum atomic E-state index is -3.56. The van der Waals surface area contributed by atoms with Crippen molar-refractivity contribution in [3.8, 4) is 5.75 Å². The lowest BCUT2D eigenvalue weighted by atomic mass is 10.1. The van der Waals surface area contributed by atoms with Gasteiger partial charge < -0.3 is 15.0 Å². The normalized spacial score (nSPS) is 12.0. The quantitative estimate of drug-likeness (QED) is 0.364. The Morgan fingerprint density at radius 2 is 1.69 bits per heavy atom. The molecule has 2 amide bonds. The van der Waals surface area contributed by atoms with Crippen LogP contribution in [0.15, 0.2) is 48.5 Å². The molecule has 0 aromatic heterocycles. The first kappa shape index (κ1) is 29.5. The molecule has 36 heavy (non-hydrogen) atoms. The van der Waals surface area contributed by atoms with Crippen molar-refractivity contribution in [2.75, 3.05) is 30.8 Å². The second-order valence-corrected chi connectivity index (χ2v) is 10.9. The summed E-state index contributed by atoms with van der Waals surface area (Å²) in [6, 6.07) is 13.1. The molecule has 1 N–H and O–H groups in total. The number of ether oxygens (including phenoxy) is 1. The van der Waals surface area contributed by atoms with Crippen molar-refractivity contribution in [2.24, 2.45) is 0 Å². The molecule has 2 aromatic rings. The van der Waals surface area contributed by atoms with Crippen LogP contribution in [0.4, 0.5) is 5.69 Å². The summed E-state index contributed by atoms with van der Waals surface area (Å²) in [6.45, 7) is 4.67. The molecule has 8 nitrogen and oxygen atoms in total. The van der Waals surface area contributed by atoms with Gasteiger partial charge in [0.2, 0.25) is 21.8 Å². The number of carbonyl (C=O) groups is 2. The van der Waals surface area contributed by atoms with E-state index in [1.807, 2.05) is 19.1 Å². The summed E-state index contributed by atoms with van der Waals surface area (Å²) in [4.78, 5) is 27.6. The summed E-state index contributed by atoms with van der Waals surface area (Å²) in [5, 5.41) is 3.39. The fraction of sp³-hybridized carbons (Fsp3) is 0.462. The molecule has 0 saturated carbocycles. The third-order valence-electron chi connectivity index (χ3n) is 5.78. The van der Waals surface area contributed by atoms with Crippen LogP contribution in [-0.4, -0.2) is 57.6 Å². The van der Waals surface area contributed by atoms with E-state index in [0.29, 0.717) is 23.0 Å². The molecule has 0 saturated heterocycles. The zero-order valence-electron chi connectivity index (χ0n) is 21.4. The first-order valence-corrected chi connectivity index (χ1v) is 14.2. The SMILES string of the molecule is CCCCNC(=O)[C@@H](C)N(Cc1ccc(OC)cc1)C(=O)CCCN(c1ccc(Cl)cc1)S(C)(=O)=O. The lowest BCUT2D eigenvalue weighted by Gasteiger charge is -2.29. The Morgan fingerprint density at radius 3 is 2.25 bits per heavy atom. The van der Waals surface area contributed by atoms with E-state index in [9.17, 15) is 18.0 Å². The minimum Gasteiger partial charge on any atom is -0.497 e. The number of hydrogen-bond donors (Lipinski definition) is 1. The van der Waals surface area contributed by atoms with Gasteiger partial charge in [0, 0.05) is 31.1 Å². The molecule has 0 aliphatic carbocycles. The smallest absolute Gasteiger partial charge is 0.242 e. The van der Waals surface area contributed by atoms with Gasteiger partial charge in [-0.2, -0.15) is 0 Å². The highest BCUT2D eigenvalue weighted by Gasteiger charge is 2.26. The molecule has 2 aromatic carbocycles. The predicted molar refractivity (Wildman–Crippen MR) is 144 cm³/mol. The summed E-state index contributed by atoms with van der Waals surface area (Å²) in [5.74, 6) is 0.253. The van der Waals surface area contributed by atoms with Crippen LogP contribution in [0, 0.1) is 0 Å². The largest absolute Gasteiger partial charge is 0.497 e. The Bertz CT molecular complexity index is 1090. The van der Waals surface area contributed by atoms with Crippen LogP contribution in [0.25, 0.3) is 0 Å². The number of methoxy groups -OCH3 is 1. The van der Waals surface area contributed by atoms with Gasteiger partial charge in [-0.25, -0.2) is 8.42 Å². The fourth-order valence-corrected chi connectivity index (χ4v) is 4.75. The van der Waals surface area contributed by atoms with Gasteiger partial charge in [-0.3, -0.25) is 13.9 Å². The average molecular weight is 538 g/mol. The number of nitrogens with one attached hydrogen (secondary N) is 1. The molecular weight excluding hydrogens is 502 g/mol. The zero-order chi connectivity index (χ0) is 26.7. The van der Waals surface area contributed by atoms with Gasteiger partial charge in [-0.05, 0) is 61.7 Å². The Kier molecular flexibility index (Phi) is 11.5. The minimum absolute atomic E-state index is 0.0857. The zero-order valence-corrected chi connectivity index (χ0v) is 22.9.